The second kappa shape index (κ2) is 8.17. The number of fused-ring (bicyclic) bond motifs is 2. The first kappa shape index (κ1) is 24.7. The van der Waals surface area contributed by atoms with E-state index in [4.69, 9.17) is 4.43 Å². The van der Waals surface area contributed by atoms with E-state index in [0.717, 1.165) is 31.4 Å². The van der Waals surface area contributed by atoms with Crippen molar-refractivity contribution in [1.82, 2.24) is 0 Å². The molecule has 3 nitrogen and oxygen atoms in total. The highest BCUT2D eigenvalue weighted by molar-refractivity contribution is 6.74. The van der Waals surface area contributed by atoms with Crippen LogP contribution in [0, 0.1) is 22.7 Å². The van der Waals surface area contributed by atoms with Crippen molar-refractivity contribution in [2.75, 3.05) is 6.61 Å². The Morgan fingerprint density at radius 1 is 1.03 bits per heavy atom. The van der Waals surface area contributed by atoms with Crippen LogP contribution in [-0.4, -0.2) is 25.8 Å². The summed E-state index contributed by atoms with van der Waals surface area (Å²) in [5, 5.41) is 11.2. The first-order valence-electron chi connectivity index (χ1n) is 14.4. The lowest BCUT2D eigenvalue weighted by atomic mass is 9.46. The lowest BCUT2D eigenvalue weighted by Crippen LogP contribution is -2.51. The van der Waals surface area contributed by atoms with Gasteiger partial charge < -0.3 is 9.53 Å². The van der Waals surface area contributed by atoms with Gasteiger partial charge in [0.25, 0.3) is 0 Å². The molecule has 194 valence electrons. The van der Waals surface area contributed by atoms with Crippen LogP contribution >= 0.6 is 0 Å². The number of rotatable bonds is 4. The van der Waals surface area contributed by atoms with Gasteiger partial charge in [-0.2, -0.15) is 0 Å². The highest BCUT2D eigenvalue weighted by Gasteiger charge is 2.70. The van der Waals surface area contributed by atoms with Gasteiger partial charge in [-0.3, -0.25) is 4.79 Å². The lowest BCUT2D eigenvalue weighted by Gasteiger charge is -2.58. The minimum Gasteiger partial charge on any atom is -0.544 e. The molecule has 3 fully saturated rings. The van der Waals surface area contributed by atoms with Gasteiger partial charge in [0.2, 0.25) is 8.32 Å². The molecule has 1 aromatic carbocycles. The fraction of sp³-hybridized carbons (Fsp3) is 0.656. The van der Waals surface area contributed by atoms with Crippen LogP contribution in [0.4, 0.5) is 0 Å². The maximum Gasteiger partial charge on any atom is 0.250 e. The predicted octanol–water partition coefficient (Wildman–Crippen LogP) is 7.72. The zero-order valence-corrected chi connectivity index (χ0v) is 24.0. The number of aliphatic hydroxyl groups is 1. The molecule has 36 heavy (non-hydrogen) atoms. The van der Waals surface area contributed by atoms with Crippen LogP contribution in [0.2, 0.25) is 18.1 Å². The molecule has 0 amide bonds. The van der Waals surface area contributed by atoms with Crippen LogP contribution in [-0.2, 0) is 4.79 Å². The van der Waals surface area contributed by atoms with Gasteiger partial charge in [0, 0.05) is 24.4 Å². The molecule has 5 aliphatic rings. The maximum absolute atomic E-state index is 12.3. The maximum atomic E-state index is 12.3. The SMILES string of the molecule is CC(C)(C)[Si](C)(C)Oc1ccc([C@H]2C[C@]3(CO)C4CCC3(CC4)[C@@H]3CCC4=CC(=O)CCC4=C32)cc1. The molecule has 0 unspecified atom stereocenters. The summed E-state index contributed by atoms with van der Waals surface area (Å²) < 4.78 is 6.61. The van der Waals surface area contributed by atoms with Gasteiger partial charge in [0.05, 0.1) is 0 Å². The number of aliphatic hydroxyl groups excluding tert-OH is 1. The number of carbonyl (C=O) groups excluding carboxylic acids is 1. The van der Waals surface area contributed by atoms with Crippen LogP contribution in [0.5, 0.6) is 5.75 Å². The second-order valence-corrected chi connectivity index (χ2v) is 18.8. The predicted molar refractivity (Wildman–Crippen MR) is 148 cm³/mol. The molecule has 1 N–H and O–H groups in total. The molecule has 0 aromatic heterocycles. The number of allylic oxidation sites excluding steroid dienone is 4. The minimum absolute atomic E-state index is 0.0639. The normalized spacial score (nSPS) is 35.8. The third-order valence-corrected chi connectivity index (χ3v) is 16.1. The van der Waals surface area contributed by atoms with Gasteiger partial charge in [-0.05, 0) is 122 Å². The molecular weight excluding hydrogens is 460 g/mol. The summed E-state index contributed by atoms with van der Waals surface area (Å²) >= 11 is 0. The summed E-state index contributed by atoms with van der Waals surface area (Å²) in [4.78, 5) is 12.3. The molecule has 0 aliphatic heterocycles. The van der Waals surface area contributed by atoms with Crippen LogP contribution in [0.3, 0.4) is 0 Å². The Labute approximate surface area is 218 Å². The summed E-state index contributed by atoms with van der Waals surface area (Å²) in [6.07, 6.45) is 11.9. The van der Waals surface area contributed by atoms with Gasteiger partial charge in [-0.15, -0.1) is 0 Å². The smallest absolute Gasteiger partial charge is 0.250 e. The van der Waals surface area contributed by atoms with Crippen molar-refractivity contribution >= 4 is 14.1 Å². The molecule has 0 saturated heterocycles. The Bertz CT molecular complexity index is 1130. The summed E-state index contributed by atoms with van der Waals surface area (Å²) in [6.45, 7) is 11.8. The molecule has 2 bridgehead atoms. The Kier molecular flexibility index (Phi) is 5.60. The van der Waals surface area contributed by atoms with E-state index >= 15 is 0 Å². The van der Waals surface area contributed by atoms with Crippen molar-refractivity contribution < 1.29 is 14.3 Å². The van der Waals surface area contributed by atoms with Crippen LogP contribution in [0.15, 0.2) is 47.1 Å². The quantitative estimate of drug-likeness (QED) is 0.427. The molecular formula is C32H44O3Si. The van der Waals surface area contributed by atoms with Crippen molar-refractivity contribution in [2.24, 2.45) is 22.7 Å². The third kappa shape index (κ3) is 3.35. The molecule has 0 spiro atoms. The fourth-order valence-corrected chi connectivity index (χ4v) is 10.0. The largest absolute Gasteiger partial charge is 0.544 e. The molecule has 5 aliphatic carbocycles. The van der Waals surface area contributed by atoms with Crippen LogP contribution in [0.1, 0.15) is 90.0 Å². The number of hydrogen-bond acceptors (Lipinski definition) is 3. The number of ketones is 1. The summed E-state index contributed by atoms with van der Waals surface area (Å²) in [5.41, 5.74) is 6.18. The van der Waals surface area contributed by atoms with Crippen LogP contribution in [0.25, 0.3) is 0 Å². The van der Waals surface area contributed by atoms with Gasteiger partial charge >= 0.3 is 0 Å². The number of carbonyl (C=O) groups is 1. The number of hydrogen-bond donors (Lipinski definition) is 1. The van der Waals surface area contributed by atoms with Gasteiger partial charge in [0.1, 0.15) is 5.75 Å². The van der Waals surface area contributed by atoms with Crippen molar-refractivity contribution in [3.63, 3.8) is 0 Å². The van der Waals surface area contributed by atoms with E-state index < -0.39 is 8.32 Å². The minimum atomic E-state index is -1.89. The average Bonchev–Trinajstić information content (AvgIpc) is 3.33. The molecule has 0 heterocycles. The Morgan fingerprint density at radius 3 is 2.36 bits per heavy atom. The summed E-state index contributed by atoms with van der Waals surface area (Å²) in [7, 11) is -1.89. The Morgan fingerprint density at radius 2 is 1.72 bits per heavy atom. The van der Waals surface area contributed by atoms with Crippen molar-refractivity contribution in [1.29, 1.82) is 0 Å². The third-order valence-electron chi connectivity index (χ3n) is 11.8. The Hall–Kier alpha value is -1.65. The average molecular weight is 505 g/mol. The van der Waals surface area contributed by atoms with Gasteiger partial charge in [-0.1, -0.05) is 38.5 Å². The standard InChI is InChI=1S/C32H44O3Si/c1-30(2,3)36(4,5)35-25-10-6-21(7-11-25)27-19-32(20-33)23-14-16-31(32,17-15-23)28-13-8-22-18-24(34)9-12-26(22)29(27)28/h6-7,10-11,18,23,27-28,33H,8-9,12-17,19-20H2,1-5H3/t23?,27-,28-,31?,32+/m1/s1. The van der Waals surface area contributed by atoms with Crippen molar-refractivity contribution in [3.05, 3.63) is 52.6 Å². The van der Waals surface area contributed by atoms with Crippen molar-refractivity contribution in [2.45, 2.75) is 103 Å². The van der Waals surface area contributed by atoms with Gasteiger partial charge in [-0.25, -0.2) is 0 Å². The van der Waals surface area contributed by atoms with E-state index in [1.165, 1.54) is 42.4 Å². The molecule has 3 saturated carbocycles. The second-order valence-electron chi connectivity index (χ2n) is 14.1. The van der Waals surface area contributed by atoms with Crippen LogP contribution < -0.4 is 4.43 Å². The lowest BCUT2D eigenvalue weighted by molar-refractivity contribution is -0.114. The summed E-state index contributed by atoms with van der Waals surface area (Å²) in [5.74, 6) is 2.85. The van der Waals surface area contributed by atoms with Crippen molar-refractivity contribution in [3.8, 4) is 5.75 Å². The highest BCUT2D eigenvalue weighted by Crippen LogP contribution is 2.77. The molecule has 6 rings (SSSR count). The highest BCUT2D eigenvalue weighted by atomic mass is 28.4. The first-order valence-corrected chi connectivity index (χ1v) is 17.3. The molecule has 1 aromatic rings. The monoisotopic (exact) mass is 504 g/mol. The van der Waals surface area contributed by atoms with E-state index in [2.05, 4.69) is 58.1 Å². The Balaban J connectivity index is 1.43. The zero-order valence-electron chi connectivity index (χ0n) is 23.0. The first-order chi connectivity index (χ1) is 17.0. The topological polar surface area (TPSA) is 46.5 Å². The fourth-order valence-electron chi connectivity index (χ4n) is 9.00. The van der Waals surface area contributed by atoms with E-state index in [9.17, 15) is 9.90 Å². The molecule has 3 atom stereocenters. The van der Waals surface area contributed by atoms with E-state index in [0.29, 0.717) is 36.6 Å². The molecule has 4 heteroatoms. The van der Waals surface area contributed by atoms with E-state index in [1.807, 2.05) is 6.08 Å². The summed E-state index contributed by atoms with van der Waals surface area (Å²) in [6, 6.07) is 9.01. The molecule has 0 radical (unpaired) electrons. The zero-order chi connectivity index (χ0) is 25.5. The van der Waals surface area contributed by atoms with Gasteiger partial charge in [0.15, 0.2) is 5.78 Å². The van der Waals surface area contributed by atoms with E-state index in [-0.39, 0.29) is 15.9 Å². The number of benzene rings is 1. The van der Waals surface area contributed by atoms with E-state index in [1.54, 1.807) is 5.57 Å².